The van der Waals surface area contributed by atoms with Crippen LogP contribution >= 0.6 is 0 Å². The summed E-state index contributed by atoms with van der Waals surface area (Å²) in [5.74, 6) is -2.79. The minimum atomic E-state index is -1.13. The Kier molecular flexibility index (Phi) is 5.84. The number of ketones is 1. The number of aromatic nitrogens is 2. The molecule has 10 heteroatoms. The normalized spacial score (nSPS) is 16.9. The van der Waals surface area contributed by atoms with Gasteiger partial charge in [-0.3, -0.25) is 14.5 Å². The van der Waals surface area contributed by atoms with Crippen LogP contribution in [0.3, 0.4) is 0 Å². The lowest BCUT2D eigenvalue weighted by Crippen LogP contribution is -2.30. The van der Waals surface area contributed by atoms with Gasteiger partial charge in [-0.05, 0) is 67.1 Å². The first kappa shape index (κ1) is 23.6. The third kappa shape index (κ3) is 4.14. The summed E-state index contributed by atoms with van der Waals surface area (Å²) in [6.45, 7) is 2.30. The van der Waals surface area contributed by atoms with Crippen molar-refractivity contribution in [2.75, 3.05) is 11.5 Å². The maximum absolute atomic E-state index is 13.3. The number of anilines is 1. The number of aromatic hydroxyl groups is 1. The van der Waals surface area contributed by atoms with Gasteiger partial charge >= 0.3 is 11.9 Å². The van der Waals surface area contributed by atoms with Crippen molar-refractivity contribution in [3.8, 4) is 11.5 Å². The highest BCUT2D eigenvalue weighted by Gasteiger charge is 2.48. The van der Waals surface area contributed by atoms with Crippen LogP contribution in [0.5, 0.6) is 11.5 Å². The molecule has 10 nitrogen and oxygen atoms in total. The van der Waals surface area contributed by atoms with Gasteiger partial charge in [-0.25, -0.2) is 9.78 Å². The SMILES string of the molecule is CCOc1ccc(/C(O)=C2\C(=O)C(=O)N(c3nc4ccc(C(=O)O)cc4[nH]3)C2c2ccc(O)cc2)cc1. The number of hydrogen-bond donors (Lipinski definition) is 4. The number of H-pyrrole nitrogens is 1. The monoisotopic (exact) mass is 499 g/mol. The number of aromatic carboxylic acids is 1. The second kappa shape index (κ2) is 9.15. The number of aliphatic hydroxyl groups excluding tert-OH is 1. The van der Waals surface area contributed by atoms with Crippen molar-refractivity contribution in [1.82, 2.24) is 9.97 Å². The topological polar surface area (TPSA) is 153 Å². The molecule has 1 unspecified atom stereocenters. The van der Waals surface area contributed by atoms with Gasteiger partial charge in [-0.1, -0.05) is 12.1 Å². The van der Waals surface area contributed by atoms with Crippen molar-refractivity contribution in [1.29, 1.82) is 0 Å². The average molecular weight is 499 g/mol. The lowest BCUT2D eigenvalue weighted by molar-refractivity contribution is -0.132. The summed E-state index contributed by atoms with van der Waals surface area (Å²) in [5, 5.41) is 30.3. The van der Waals surface area contributed by atoms with Crippen molar-refractivity contribution in [3.63, 3.8) is 0 Å². The predicted molar refractivity (Wildman–Crippen MR) is 134 cm³/mol. The molecule has 1 aliphatic rings. The number of carbonyl (C=O) groups excluding carboxylic acids is 2. The molecule has 0 aliphatic carbocycles. The van der Waals surface area contributed by atoms with Crippen LogP contribution in [-0.2, 0) is 9.59 Å². The molecular weight excluding hydrogens is 478 g/mol. The summed E-state index contributed by atoms with van der Waals surface area (Å²) in [6.07, 6.45) is 0. The zero-order valence-electron chi connectivity index (χ0n) is 19.5. The maximum atomic E-state index is 13.3. The first-order valence-electron chi connectivity index (χ1n) is 11.3. The fraction of sp³-hybridized carbons (Fsp3) is 0.111. The number of carboxylic acid groups (broad SMARTS) is 1. The molecule has 1 atom stereocenters. The van der Waals surface area contributed by atoms with E-state index in [9.17, 15) is 29.7 Å². The fourth-order valence-corrected chi connectivity index (χ4v) is 4.30. The van der Waals surface area contributed by atoms with E-state index in [1.165, 1.54) is 42.5 Å². The number of carboxylic acids is 1. The molecule has 1 aliphatic heterocycles. The summed E-state index contributed by atoms with van der Waals surface area (Å²) in [6, 6.07) is 15.5. The summed E-state index contributed by atoms with van der Waals surface area (Å²) >= 11 is 0. The van der Waals surface area contributed by atoms with E-state index >= 15 is 0 Å². The van der Waals surface area contributed by atoms with Gasteiger partial charge in [0, 0.05) is 5.56 Å². The molecule has 1 aromatic heterocycles. The number of benzene rings is 3. The smallest absolute Gasteiger partial charge is 0.335 e. The highest BCUT2D eigenvalue weighted by atomic mass is 16.5. The van der Waals surface area contributed by atoms with E-state index in [2.05, 4.69) is 9.97 Å². The van der Waals surface area contributed by atoms with Crippen LogP contribution in [0.2, 0.25) is 0 Å². The highest BCUT2D eigenvalue weighted by Crippen LogP contribution is 2.42. The van der Waals surface area contributed by atoms with Gasteiger partial charge in [0.15, 0.2) is 0 Å². The number of rotatable bonds is 6. The van der Waals surface area contributed by atoms with E-state index in [1.807, 2.05) is 6.92 Å². The standard InChI is InChI=1S/C27H21N3O7/c1-2-37-18-10-5-15(6-11-18)23(32)21-22(14-3-8-17(31)9-4-14)30(25(34)24(21)33)27-28-19-12-7-16(26(35)36)13-20(19)29-27/h3-13,22,31-32H,2H2,1H3,(H,28,29)(H,35,36)/b23-21+. The minimum absolute atomic E-state index is 0.00320. The van der Waals surface area contributed by atoms with Gasteiger partial charge in [0.1, 0.15) is 17.3 Å². The number of carbonyl (C=O) groups is 3. The Labute approximate surface area is 210 Å². The molecule has 3 aromatic carbocycles. The predicted octanol–water partition coefficient (Wildman–Crippen LogP) is 3.99. The van der Waals surface area contributed by atoms with Crippen molar-refractivity contribution < 1.29 is 34.4 Å². The van der Waals surface area contributed by atoms with Crippen LogP contribution in [0, 0.1) is 0 Å². The molecule has 5 rings (SSSR count). The lowest BCUT2D eigenvalue weighted by atomic mass is 9.95. The van der Waals surface area contributed by atoms with Crippen LogP contribution in [0.15, 0.2) is 72.3 Å². The number of amides is 1. The number of fused-ring (bicyclic) bond motifs is 1. The van der Waals surface area contributed by atoms with Gasteiger partial charge in [-0.15, -0.1) is 0 Å². The van der Waals surface area contributed by atoms with Gasteiger partial charge < -0.3 is 25.0 Å². The van der Waals surface area contributed by atoms with Crippen molar-refractivity contribution in [2.45, 2.75) is 13.0 Å². The number of phenolic OH excluding ortho intramolecular Hbond substituents is 1. The molecule has 4 N–H and O–H groups in total. The largest absolute Gasteiger partial charge is 0.508 e. The first-order valence-corrected chi connectivity index (χ1v) is 11.3. The molecule has 4 aromatic rings. The van der Waals surface area contributed by atoms with E-state index in [0.29, 0.717) is 34.5 Å². The van der Waals surface area contributed by atoms with E-state index in [4.69, 9.17) is 4.74 Å². The van der Waals surface area contributed by atoms with E-state index in [-0.39, 0.29) is 28.6 Å². The van der Waals surface area contributed by atoms with Crippen LogP contribution < -0.4 is 9.64 Å². The quantitative estimate of drug-likeness (QED) is 0.176. The summed E-state index contributed by atoms with van der Waals surface area (Å²) in [4.78, 5) is 46.4. The molecule has 0 spiro atoms. The van der Waals surface area contributed by atoms with Crippen molar-refractivity contribution >= 4 is 40.4 Å². The number of imidazole rings is 1. The Morgan fingerprint density at radius 2 is 1.68 bits per heavy atom. The molecule has 0 bridgehead atoms. The van der Waals surface area contributed by atoms with Crippen LogP contribution in [-0.4, -0.2) is 49.6 Å². The minimum Gasteiger partial charge on any atom is -0.508 e. The van der Waals surface area contributed by atoms with Gasteiger partial charge in [0.05, 0.1) is 34.8 Å². The summed E-state index contributed by atoms with van der Waals surface area (Å²) < 4.78 is 5.43. The fourth-order valence-electron chi connectivity index (χ4n) is 4.30. The Hall–Kier alpha value is -5.12. The second-order valence-corrected chi connectivity index (χ2v) is 8.32. The Morgan fingerprint density at radius 1 is 1.00 bits per heavy atom. The van der Waals surface area contributed by atoms with Crippen LogP contribution in [0.4, 0.5) is 5.95 Å². The van der Waals surface area contributed by atoms with E-state index in [0.717, 1.165) is 4.90 Å². The van der Waals surface area contributed by atoms with E-state index in [1.54, 1.807) is 24.3 Å². The van der Waals surface area contributed by atoms with Gasteiger partial charge in [0.25, 0.3) is 5.78 Å². The number of nitrogens with one attached hydrogen (secondary N) is 1. The van der Waals surface area contributed by atoms with Crippen molar-refractivity contribution in [3.05, 3.63) is 89.0 Å². The highest BCUT2D eigenvalue weighted by molar-refractivity contribution is 6.51. The third-order valence-corrected chi connectivity index (χ3v) is 6.04. The van der Waals surface area contributed by atoms with Gasteiger partial charge in [-0.2, -0.15) is 0 Å². The molecule has 37 heavy (non-hydrogen) atoms. The lowest BCUT2D eigenvalue weighted by Gasteiger charge is -2.23. The molecule has 186 valence electrons. The van der Waals surface area contributed by atoms with Crippen molar-refractivity contribution in [2.24, 2.45) is 0 Å². The summed E-state index contributed by atoms with van der Waals surface area (Å²) in [5.41, 5.74) is 1.35. The number of hydrogen-bond acceptors (Lipinski definition) is 7. The number of ether oxygens (including phenoxy) is 1. The molecule has 1 amide bonds. The van der Waals surface area contributed by atoms with E-state index < -0.39 is 23.7 Å². The Balaban J connectivity index is 1.67. The Morgan fingerprint density at radius 3 is 2.32 bits per heavy atom. The molecular formula is C27H21N3O7. The number of aliphatic hydroxyl groups is 1. The molecule has 0 saturated carbocycles. The Bertz CT molecular complexity index is 1570. The first-order chi connectivity index (χ1) is 17.8. The third-order valence-electron chi connectivity index (χ3n) is 6.04. The van der Waals surface area contributed by atoms with Crippen LogP contribution in [0.25, 0.3) is 16.8 Å². The number of Topliss-reactive ketones (excluding diaryl/α,β-unsaturated/α-hetero) is 1. The second-order valence-electron chi connectivity index (χ2n) is 8.32. The maximum Gasteiger partial charge on any atom is 0.335 e. The zero-order chi connectivity index (χ0) is 26.3. The molecule has 2 heterocycles. The van der Waals surface area contributed by atoms with Crippen LogP contribution in [0.1, 0.15) is 34.5 Å². The molecule has 1 saturated heterocycles. The van der Waals surface area contributed by atoms with Gasteiger partial charge in [0.2, 0.25) is 5.95 Å². The number of aromatic amines is 1. The zero-order valence-corrected chi connectivity index (χ0v) is 19.5. The number of phenols is 1. The molecule has 1 fully saturated rings. The summed E-state index contributed by atoms with van der Waals surface area (Å²) in [7, 11) is 0. The molecule has 0 radical (unpaired) electrons. The average Bonchev–Trinajstić information content (AvgIpc) is 3.42. The number of nitrogens with zero attached hydrogens (tertiary/aromatic N) is 2.